The van der Waals surface area contributed by atoms with E-state index in [0.29, 0.717) is 12.0 Å². The van der Waals surface area contributed by atoms with Crippen molar-refractivity contribution in [1.29, 1.82) is 0 Å². The minimum Gasteiger partial charge on any atom is -0.367 e. The molecule has 3 aliphatic rings. The topological polar surface area (TPSA) is 27.3 Å². The lowest BCUT2D eigenvalue weighted by atomic mass is 9.83. The van der Waals surface area contributed by atoms with Crippen LogP contribution in [0.25, 0.3) is 0 Å². The Balaban J connectivity index is 0. The average molecular weight is 440 g/mol. The Kier molecular flexibility index (Phi) is 17.9. The third kappa shape index (κ3) is 17.7. The molecule has 0 aliphatic carbocycles. The molecule has 188 valence electrons. The predicted molar refractivity (Wildman–Crippen MR) is 144 cm³/mol. The van der Waals surface area contributed by atoms with Crippen LogP contribution in [0.15, 0.2) is 12.3 Å². The molecule has 3 rings (SSSR count). The highest BCUT2D eigenvalue weighted by Crippen LogP contribution is 2.39. The first-order valence-electron chi connectivity index (χ1n) is 13.1. The van der Waals surface area contributed by atoms with Gasteiger partial charge in [-0.15, -0.1) is 0 Å². The smallest absolute Gasteiger partial charge is 0.0343 e. The third-order valence-corrected chi connectivity index (χ3v) is 5.30. The lowest BCUT2D eigenvalue weighted by molar-refractivity contribution is 0.0226. The summed E-state index contributed by atoms with van der Waals surface area (Å²) in [6, 6.07) is 2.26. The van der Waals surface area contributed by atoms with Crippen molar-refractivity contribution in [2.24, 2.45) is 17.8 Å². The predicted octanol–water partition coefficient (Wildman–Crippen LogP) is 7.48. The number of hydrogen-bond acceptors (Lipinski definition) is 3. The van der Waals surface area contributed by atoms with Crippen LogP contribution in [0, 0.1) is 17.8 Å². The fourth-order valence-corrected chi connectivity index (χ4v) is 3.66. The zero-order valence-corrected chi connectivity index (χ0v) is 23.9. The van der Waals surface area contributed by atoms with E-state index in [4.69, 9.17) is 0 Å². The van der Waals surface area contributed by atoms with E-state index in [2.05, 4.69) is 112 Å². The molecule has 0 aromatic carbocycles. The van der Waals surface area contributed by atoms with Crippen LogP contribution < -0.4 is 10.6 Å². The third-order valence-electron chi connectivity index (χ3n) is 5.30. The average Bonchev–Trinajstić information content (AvgIpc) is 3.27. The number of likely N-dealkylation sites (tertiary alicyclic amines) is 1. The highest BCUT2D eigenvalue weighted by atomic mass is 15.3. The van der Waals surface area contributed by atoms with Gasteiger partial charge < -0.3 is 15.5 Å². The first-order chi connectivity index (χ1) is 14.1. The molecule has 3 aliphatic heterocycles. The zero-order chi connectivity index (χ0) is 24.8. The fourth-order valence-electron chi connectivity index (χ4n) is 3.66. The Morgan fingerprint density at radius 1 is 0.774 bits per heavy atom. The van der Waals surface area contributed by atoms with Crippen molar-refractivity contribution < 1.29 is 0 Å². The second kappa shape index (κ2) is 17.0. The minimum atomic E-state index is 0.253. The number of rotatable bonds is 0. The van der Waals surface area contributed by atoms with E-state index in [0.717, 1.165) is 23.9 Å². The van der Waals surface area contributed by atoms with Crippen LogP contribution in [0.1, 0.15) is 116 Å². The van der Waals surface area contributed by atoms with Gasteiger partial charge in [0.2, 0.25) is 0 Å². The Morgan fingerprint density at radius 2 is 1.10 bits per heavy atom. The van der Waals surface area contributed by atoms with Crippen LogP contribution in [-0.4, -0.2) is 41.7 Å². The number of hydrogen-bond donors (Lipinski definition) is 2. The van der Waals surface area contributed by atoms with Crippen molar-refractivity contribution in [2.45, 2.75) is 139 Å². The quantitative estimate of drug-likeness (QED) is 0.409. The normalized spacial score (nSPS) is 27.1. The maximum Gasteiger partial charge on any atom is 0.0343 e. The summed E-state index contributed by atoms with van der Waals surface area (Å²) in [6.45, 7) is 35.2. The highest BCUT2D eigenvalue weighted by molar-refractivity contribution is 5.17. The first-order valence-corrected chi connectivity index (χ1v) is 13.1. The van der Waals surface area contributed by atoms with Gasteiger partial charge in [0, 0.05) is 35.3 Å². The Bertz CT molecular complexity index is 399. The molecule has 0 radical (unpaired) electrons. The Morgan fingerprint density at radius 3 is 1.19 bits per heavy atom. The van der Waals surface area contributed by atoms with E-state index in [1.807, 2.05) is 0 Å². The minimum absolute atomic E-state index is 0.253. The second-order valence-corrected chi connectivity index (χ2v) is 12.0. The number of nitrogens with one attached hydrogen (secondary N) is 2. The van der Waals surface area contributed by atoms with Gasteiger partial charge in [-0.1, -0.05) is 55.0 Å². The molecule has 2 N–H and O–H groups in total. The maximum atomic E-state index is 4.07. The number of nitrogens with zero attached hydrogens (tertiary/aromatic N) is 1. The summed E-state index contributed by atoms with van der Waals surface area (Å²) in [5.74, 6) is 2.34. The van der Waals surface area contributed by atoms with Crippen molar-refractivity contribution in [3.63, 3.8) is 0 Å². The standard InChI is InChI=1S/C10H19N.2C5H11N.2C4H10/c1-7-8(2)11(9(7)3)10(4,5)6;2*1-5-3-2-4-6-5;2*1-4(2)3/h7,9H,2H2,1,3-6H3;2*5-6H,2-4H2,1H3;2*4H,1-3H3. The van der Waals surface area contributed by atoms with E-state index in [1.54, 1.807) is 0 Å². The van der Waals surface area contributed by atoms with Gasteiger partial charge in [-0.3, -0.25) is 0 Å². The zero-order valence-electron chi connectivity index (χ0n) is 23.9. The van der Waals surface area contributed by atoms with Crippen molar-refractivity contribution in [3.05, 3.63) is 12.3 Å². The van der Waals surface area contributed by atoms with Gasteiger partial charge in [-0.05, 0) is 92.2 Å². The van der Waals surface area contributed by atoms with Crippen LogP contribution in [0.2, 0.25) is 0 Å². The molecule has 4 atom stereocenters. The van der Waals surface area contributed by atoms with Crippen LogP contribution in [0.4, 0.5) is 0 Å². The molecule has 4 unspecified atom stereocenters. The second-order valence-electron chi connectivity index (χ2n) is 12.0. The molecule has 0 amide bonds. The van der Waals surface area contributed by atoms with Crippen LogP contribution in [0.3, 0.4) is 0 Å². The molecular formula is C28H61N3. The summed E-state index contributed by atoms with van der Waals surface area (Å²) in [5.41, 5.74) is 1.55. The summed E-state index contributed by atoms with van der Waals surface area (Å²) in [6.07, 6.45) is 5.50. The van der Waals surface area contributed by atoms with E-state index in [1.165, 1.54) is 44.5 Å². The van der Waals surface area contributed by atoms with Gasteiger partial charge in [-0.2, -0.15) is 0 Å². The molecule has 0 bridgehead atoms. The molecule has 0 aromatic heterocycles. The lowest BCUT2D eigenvalue weighted by Gasteiger charge is -2.56. The molecule has 3 heterocycles. The summed E-state index contributed by atoms with van der Waals surface area (Å²) >= 11 is 0. The Labute approximate surface area is 198 Å². The summed E-state index contributed by atoms with van der Waals surface area (Å²) in [4.78, 5) is 2.40. The molecule has 3 saturated heterocycles. The molecule has 0 spiro atoms. The van der Waals surface area contributed by atoms with Crippen molar-refractivity contribution >= 4 is 0 Å². The molecule has 3 fully saturated rings. The molecule has 0 aromatic rings. The van der Waals surface area contributed by atoms with E-state index in [9.17, 15) is 0 Å². The summed E-state index contributed by atoms with van der Waals surface area (Å²) in [5, 5.41) is 6.64. The monoisotopic (exact) mass is 439 g/mol. The van der Waals surface area contributed by atoms with Crippen LogP contribution in [-0.2, 0) is 0 Å². The first kappa shape index (κ1) is 32.6. The van der Waals surface area contributed by atoms with Gasteiger partial charge in [0.05, 0.1) is 0 Å². The van der Waals surface area contributed by atoms with Gasteiger partial charge in [0.25, 0.3) is 0 Å². The van der Waals surface area contributed by atoms with Gasteiger partial charge in [-0.25, -0.2) is 0 Å². The molecule has 31 heavy (non-hydrogen) atoms. The highest BCUT2D eigenvalue weighted by Gasteiger charge is 2.41. The summed E-state index contributed by atoms with van der Waals surface area (Å²) in [7, 11) is 0. The van der Waals surface area contributed by atoms with Crippen molar-refractivity contribution in [2.75, 3.05) is 13.1 Å². The largest absolute Gasteiger partial charge is 0.367 e. The molecule has 0 saturated carbocycles. The summed E-state index contributed by atoms with van der Waals surface area (Å²) < 4.78 is 0. The van der Waals surface area contributed by atoms with Gasteiger partial charge in [0.15, 0.2) is 0 Å². The van der Waals surface area contributed by atoms with Gasteiger partial charge >= 0.3 is 0 Å². The fraction of sp³-hybridized carbons (Fsp3) is 0.929. The molecular weight excluding hydrogens is 378 g/mol. The van der Waals surface area contributed by atoms with E-state index < -0.39 is 0 Å². The SMILES string of the molecule is C=C1C(C)C(C)N1C(C)(C)C.CC(C)C.CC(C)C.CC1CCCN1.CC1CCCN1. The van der Waals surface area contributed by atoms with Crippen molar-refractivity contribution in [3.8, 4) is 0 Å². The maximum absolute atomic E-state index is 4.07. The molecule has 3 heteroatoms. The van der Waals surface area contributed by atoms with Gasteiger partial charge in [0.1, 0.15) is 0 Å². The van der Waals surface area contributed by atoms with Crippen molar-refractivity contribution in [1.82, 2.24) is 15.5 Å². The Hall–Kier alpha value is -0.540. The molecule has 3 nitrogen and oxygen atoms in total. The van der Waals surface area contributed by atoms with E-state index in [-0.39, 0.29) is 5.54 Å². The van der Waals surface area contributed by atoms with Crippen LogP contribution >= 0.6 is 0 Å². The van der Waals surface area contributed by atoms with Crippen LogP contribution in [0.5, 0.6) is 0 Å². The lowest BCUT2D eigenvalue weighted by Crippen LogP contribution is -2.58. The van der Waals surface area contributed by atoms with E-state index >= 15 is 0 Å².